The van der Waals surface area contributed by atoms with Crippen LogP contribution in [0.5, 0.6) is 0 Å². The first-order chi connectivity index (χ1) is 7.13. The molecule has 1 aliphatic heterocycles. The van der Waals surface area contributed by atoms with Crippen LogP contribution < -0.4 is 5.73 Å². The highest BCUT2D eigenvalue weighted by atomic mass is 15.3. The number of nitrogens with two attached hydrogens (primary N) is 1. The van der Waals surface area contributed by atoms with E-state index in [2.05, 4.69) is 35.7 Å². The first kappa shape index (κ1) is 12.5. The fraction of sp³-hybridized carbons (Fsp3) is 0.833. The van der Waals surface area contributed by atoms with E-state index < -0.39 is 0 Å². The summed E-state index contributed by atoms with van der Waals surface area (Å²) in [7, 11) is 4.37. The van der Waals surface area contributed by atoms with Gasteiger partial charge in [-0.3, -0.25) is 0 Å². The Morgan fingerprint density at radius 2 is 2.13 bits per heavy atom. The Hall–Kier alpha value is -0.560. The van der Waals surface area contributed by atoms with Gasteiger partial charge in [-0.1, -0.05) is 0 Å². The van der Waals surface area contributed by atoms with Crippen molar-refractivity contribution in [2.45, 2.75) is 31.8 Å². The lowest BCUT2D eigenvalue weighted by Crippen LogP contribution is -2.51. The number of likely N-dealkylation sites (N-methyl/N-ethyl adjacent to an activating group) is 2. The maximum absolute atomic E-state index is 6.05. The summed E-state index contributed by atoms with van der Waals surface area (Å²) >= 11 is 0. The molecule has 0 aromatic carbocycles. The molecule has 86 valence electrons. The molecule has 0 aromatic rings. The number of nitrogens with zero attached hydrogens (tertiary/aromatic N) is 2. The molecule has 2 atom stereocenters. The first-order valence-electron chi connectivity index (χ1n) is 5.67. The minimum absolute atomic E-state index is 0.219. The molecule has 0 amide bonds. The summed E-state index contributed by atoms with van der Waals surface area (Å²) in [5.74, 6) is 5.96. The van der Waals surface area contributed by atoms with E-state index in [0.717, 1.165) is 32.5 Å². The van der Waals surface area contributed by atoms with Gasteiger partial charge in [0.05, 0.1) is 0 Å². The monoisotopic (exact) mass is 209 g/mol. The predicted molar refractivity (Wildman–Crippen MR) is 64.6 cm³/mol. The van der Waals surface area contributed by atoms with Gasteiger partial charge in [0.15, 0.2) is 0 Å². The van der Waals surface area contributed by atoms with Gasteiger partial charge in [-0.05, 0) is 27.4 Å². The van der Waals surface area contributed by atoms with E-state index in [1.807, 2.05) is 6.92 Å². The molecule has 1 fully saturated rings. The van der Waals surface area contributed by atoms with Crippen molar-refractivity contribution in [2.75, 3.05) is 33.7 Å². The van der Waals surface area contributed by atoms with Crippen molar-refractivity contribution in [3.8, 4) is 11.8 Å². The van der Waals surface area contributed by atoms with Crippen LogP contribution in [-0.2, 0) is 0 Å². The maximum Gasteiger partial charge on any atom is 0.0241 e. The molecule has 0 spiro atoms. The second kappa shape index (κ2) is 6.12. The highest BCUT2D eigenvalue weighted by Gasteiger charge is 2.23. The Bertz CT molecular complexity index is 241. The molecular weight excluding hydrogens is 186 g/mol. The van der Waals surface area contributed by atoms with Crippen LogP contribution in [0.25, 0.3) is 0 Å². The topological polar surface area (TPSA) is 32.5 Å². The Balaban J connectivity index is 2.36. The second-order valence-electron chi connectivity index (χ2n) is 4.52. The van der Waals surface area contributed by atoms with E-state index in [9.17, 15) is 0 Å². The molecule has 15 heavy (non-hydrogen) atoms. The van der Waals surface area contributed by atoms with Gasteiger partial charge in [-0.2, -0.15) is 0 Å². The zero-order chi connectivity index (χ0) is 11.3. The average molecular weight is 209 g/mol. The highest BCUT2D eigenvalue weighted by molar-refractivity contribution is 4.98. The molecular formula is C12H23N3. The lowest BCUT2D eigenvalue weighted by atomic mass is 10.0. The first-order valence-corrected chi connectivity index (χ1v) is 5.67. The van der Waals surface area contributed by atoms with Gasteiger partial charge < -0.3 is 15.5 Å². The molecule has 1 rings (SSSR count). The SMILES string of the molecule is CC#CCC(N)CC1CN(C)CCN1C. The number of rotatable bonds is 3. The molecule has 0 aliphatic carbocycles. The van der Waals surface area contributed by atoms with Gasteiger partial charge in [0, 0.05) is 38.1 Å². The van der Waals surface area contributed by atoms with Crippen LogP contribution in [0, 0.1) is 11.8 Å². The normalized spacial score (nSPS) is 25.7. The van der Waals surface area contributed by atoms with Crippen LogP contribution in [0.4, 0.5) is 0 Å². The molecule has 0 saturated carbocycles. The Morgan fingerprint density at radius 3 is 2.80 bits per heavy atom. The number of piperazine rings is 1. The van der Waals surface area contributed by atoms with Crippen molar-refractivity contribution in [3.05, 3.63) is 0 Å². The van der Waals surface area contributed by atoms with Crippen molar-refractivity contribution in [3.63, 3.8) is 0 Å². The number of hydrogen-bond acceptors (Lipinski definition) is 3. The summed E-state index contributed by atoms with van der Waals surface area (Å²) in [5.41, 5.74) is 6.05. The molecule has 0 bridgehead atoms. The highest BCUT2D eigenvalue weighted by Crippen LogP contribution is 2.11. The Morgan fingerprint density at radius 1 is 1.40 bits per heavy atom. The third-order valence-electron chi connectivity index (χ3n) is 3.10. The predicted octanol–water partition coefficient (Wildman–Crippen LogP) is 0.363. The summed E-state index contributed by atoms with van der Waals surface area (Å²) in [4.78, 5) is 4.79. The van der Waals surface area contributed by atoms with Crippen LogP contribution in [-0.4, -0.2) is 55.6 Å². The standard InChI is InChI=1S/C12H23N3/c1-4-5-6-11(13)9-12-10-14(2)7-8-15(12)3/h11-12H,6-10,13H2,1-3H3. The lowest BCUT2D eigenvalue weighted by molar-refractivity contribution is 0.104. The van der Waals surface area contributed by atoms with Crippen molar-refractivity contribution < 1.29 is 0 Å². The zero-order valence-electron chi connectivity index (χ0n) is 10.2. The van der Waals surface area contributed by atoms with Gasteiger partial charge in [0.25, 0.3) is 0 Å². The Kier molecular flexibility index (Phi) is 5.10. The van der Waals surface area contributed by atoms with Crippen molar-refractivity contribution in [1.29, 1.82) is 0 Å². The van der Waals surface area contributed by atoms with Gasteiger partial charge in [0.2, 0.25) is 0 Å². The fourth-order valence-electron chi connectivity index (χ4n) is 2.02. The molecule has 0 radical (unpaired) electrons. The molecule has 3 heteroatoms. The zero-order valence-corrected chi connectivity index (χ0v) is 10.2. The summed E-state index contributed by atoms with van der Waals surface area (Å²) in [6.45, 7) is 5.31. The van der Waals surface area contributed by atoms with E-state index in [1.54, 1.807) is 0 Å². The third-order valence-corrected chi connectivity index (χ3v) is 3.10. The molecule has 0 aromatic heterocycles. The molecule has 2 unspecified atom stereocenters. The molecule has 1 heterocycles. The van der Waals surface area contributed by atoms with Crippen LogP contribution in [0.3, 0.4) is 0 Å². The van der Waals surface area contributed by atoms with Gasteiger partial charge in [0.1, 0.15) is 0 Å². The molecule has 3 nitrogen and oxygen atoms in total. The summed E-state index contributed by atoms with van der Waals surface area (Å²) < 4.78 is 0. The smallest absolute Gasteiger partial charge is 0.0241 e. The minimum Gasteiger partial charge on any atom is -0.327 e. The van der Waals surface area contributed by atoms with E-state index >= 15 is 0 Å². The maximum atomic E-state index is 6.05. The minimum atomic E-state index is 0.219. The van der Waals surface area contributed by atoms with Crippen LogP contribution in [0.1, 0.15) is 19.8 Å². The van der Waals surface area contributed by atoms with Crippen molar-refractivity contribution in [2.24, 2.45) is 5.73 Å². The molecule has 1 aliphatic rings. The number of hydrogen-bond donors (Lipinski definition) is 1. The van der Waals surface area contributed by atoms with Gasteiger partial charge >= 0.3 is 0 Å². The van der Waals surface area contributed by atoms with E-state index in [4.69, 9.17) is 5.73 Å². The summed E-state index contributed by atoms with van der Waals surface area (Å²) in [6.07, 6.45) is 1.88. The van der Waals surface area contributed by atoms with Crippen LogP contribution >= 0.6 is 0 Å². The largest absolute Gasteiger partial charge is 0.327 e. The quantitative estimate of drug-likeness (QED) is 0.681. The summed E-state index contributed by atoms with van der Waals surface area (Å²) in [5, 5.41) is 0. The Labute approximate surface area is 93.6 Å². The van der Waals surface area contributed by atoms with E-state index in [-0.39, 0.29) is 6.04 Å². The van der Waals surface area contributed by atoms with Crippen LogP contribution in [0.2, 0.25) is 0 Å². The average Bonchev–Trinajstić information content (AvgIpc) is 2.20. The van der Waals surface area contributed by atoms with E-state index in [1.165, 1.54) is 0 Å². The molecule has 1 saturated heterocycles. The lowest BCUT2D eigenvalue weighted by Gasteiger charge is -2.38. The summed E-state index contributed by atoms with van der Waals surface area (Å²) in [6, 6.07) is 0.814. The third kappa shape index (κ3) is 4.21. The van der Waals surface area contributed by atoms with Gasteiger partial charge in [-0.25, -0.2) is 0 Å². The fourth-order valence-corrected chi connectivity index (χ4v) is 2.02. The van der Waals surface area contributed by atoms with Gasteiger partial charge in [-0.15, -0.1) is 11.8 Å². The van der Waals surface area contributed by atoms with E-state index in [0.29, 0.717) is 6.04 Å². The second-order valence-corrected chi connectivity index (χ2v) is 4.52. The molecule has 2 N–H and O–H groups in total. The van der Waals surface area contributed by atoms with Crippen molar-refractivity contribution in [1.82, 2.24) is 9.80 Å². The van der Waals surface area contributed by atoms with Crippen LogP contribution in [0.15, 0.2) is 0 Å². The van der Waals surface area contributed by atoms with Crippen molar-refractivity contribution >= 4 is 0 Å².